The molecule has 4 rings (SSSR count). The minimum Gasteiger partial charge on any atom is -0.444 e. The number of Topliss-reactive ketones (excluding diaryl/α,β-unsaturated/α-hetero) is 1. The number of hydrogen-bond donors (Lipinski definition) is 2. The zero-order valence-corrected chi connectivity index (χ0v) is 24.5. The Balaban J connectivity index is 1.46. The number of amides is 2. The van der Waals surface area contributed by atoms with E-state index >= 15 is 0 Å². The number of likely N-dealkylation sites (tertiary alicyclic amines) is 1. The number of carbonyl (C=O) groups is 3. The smallest absolute Gasteiger partial charge is 0.410 e. The molecule has 1 atom stereocenters. The van der Waals surface area contributed by atoms with Crippen molar-refractivity contribution in [1.82, 2.24) is 20.2 Å². The summed E-state index contributed by atoms with van der Waals surface area (Å²) in [6, 6.07) is 7.05. The van der Waals surface area contributed by atoms with Crippen molar-refractivity contribution in [2.45, 2.75) is 84.8 Å². The number of nitrogens with zero attached hydrogens (tertiary/aromatic N) is 2. The van der Waals surface area contributed by atoms with Gasteiger partial charge >= 0.3 is 6.09 Å². The van der Waals surface area contributed by atoms with E-state index in [1.807, 2.05) is 32.0 Å². The lowest BCUT2D eigenvalue weighted by atomic mass is 9.98. The molecule has 220 valence electrons. The average Bonchev–Trinajstić information content (AvgIpc) is 3.35. The maximum Gasteiger partial charge on any atom is 0.410 e. The Morgan fingerprint density at radius 2 is 1.93 bits per heavy atom. The lowest BCUT2D eigenvalue weighted by Gasteiger charge is -2.39. The SMILES string of the molecule is CCC(=O)CCCCC[C@H](NC(=O)C1CN(C(=O)OC(C)(C)C)C1)c1ncc(-c2cc3cc(C)ccc3[nH]c2=O)o1. The quantitative estimate of drug-likeness (QED) is 0.296. The number of oxazole rings is 1. The summed E-state index contributed by atoms with van der Waals surface area (Å²) in [6.45, 7) is 9.79. The standard InChI is InChI=1S/C31H40N4O6/c1-6-22(36)10-8-7-9-11-25(34-27(37)21-17-35(18-21)30(39)41-31(3,4)5)29-32-16-26(40-29)23-15-20-14-19(2)12-13-24(20)33-28(23)38/h12-16,21,25H,6-11,17-18H2,1-5H3,(H,33,38)(H,34,37)/t25-/m0/s1. The topological polar surface area (TPSA) is 135 Å². The highest BCUT2D eigenvalue weighted by Gasteiger charge is 2.39. The molecule has 10 nitrogen and oxygen atoms in total. The van der Waals surface area contributed by atoms with Gasteiger partial charge in [-0.25, -0.2) is 9.78 Å². The van der Waals surface area contributed by atoms with E-state index in [-0.39, 0.29) is 36.3 Å². The molecule has 0 spiro atoms. The number of aryl methyl sites for hydroxylation is 1. The number of aromatic amines is 1. The van der Waals surface area contributed by atoms with Crippen LogP contribution in [-0.2, 0) is 14.3 Å². The number of nitrogens with one attached hydrogen (secondary N) is 2. The predicted octanol–water partition coefficient (Wildman–Crippen LogP) is 5.45. The van der Waals surface area contributed by atoms with E-state index in [4.69, 9.17) is 9.15 Å². The normalized spacial score (nSPS) is 14.5. The molecule has 1 aromatic carbocycles. The first-order chi connectivity index (χ1) is 19.4. The predicted molar refractivity (Wildman–Crippen MR) is 155 cm³/mol. The molecular formula is C31H40N4O6. The number of ketones is 1. The van der Waals surface area contributed by atoms with E-state index in [2.05, 4.69) is 15.3 Å². The first-order valence-electron chi connectivity index (χ1n) is 14.3. The summed E-state index contributed by atoms with van der Waals surface area (Å²) in [5, 5.41) is 3.92. The summed E-state index contributed by atoms with van der Waals surface area (Å²) in [5.74, 6) is 0.299. The average molecular weight is 565 g/mol. The fraction of sp³-hybridized carbons (Fsp3) is 0.516. The maximum absolute atomic E-state index is 13.1. The van der Waals surface area contributed by atoms with Crippen molar-refractivity contribution in [3.8, 4) is 11.3 Å². The molecule has 3 aromatic rings. The second kappa shape index (κ2) is 12.7. The van der Waals surface area contributed by atoms with Crippen LogP contribution in [-0.4, -0.2) is 51.3 Å². The van der Waals surface area contributed by atoms with Crippen LogP contribution in [0.3, 0.4) is 0 Å². The molecule has 2 amide bonds. The van der Waals surface area contributed by atoms with Gasteiger partial charge in [-0.2, -0.15) is 0 Å². The molecule has 0 radical (unpaired) electrons. The van der Waals surface area contributed by atoms with Crippen molar-refractivity contribution < 1.29 is 23.5 Å². The van der Waals surface area contributed by atoms with Crippen LogP contribution >= 0.6 is 0 Å². The van der Waals surface area contributed by atoms with Gasteiger partial charge in [-0.05, 0) is 64.1 Å². The van der Waals surface area contributed by atoms with Crippen molar-refractivity contribution in [1.29, 1.82) is 0 Å². The second-order valence-corrected chi connectivity index (χ2v) is 11.8. The Morgan fingerprint density at radius 1 is 1.17 bits per heavy atom. The third kappa shape index (κ3) is 7.83. The second-order valence-electron chi connectivity index (χ2n) is 11.8. The number of pyridine rings is 1. The molecule has 1 saturated heterocycles. The number of carbonyl (C=O) groups excluding carboxylic acids is 3. The number of unbranched alkanes of at least 4 members (excludes halogenated alkanes) is 2. The highest BCUT2D eigenvalue weighted by molar-refractivity contribution is 5.84. The van der Waals surface area contributed by atoms with Gasteiger partial charge in [0.25, 0.3) is 5.56 Å². The highest BCUT2D eigenvalue weighted by atomic mass is 16.6. The zero-order valence-electron chi connectivity index (χ0n) is 24.5. The lowest BCUT2D eigenvalue weighted by molar-refractivity contribution is -0.130. The van der Waals surface area contributed by atoms with Crippen LogP contribution in [0.5, 0.6) is 0 Å². The molecule has 2 N–H and O–H groups in total. The molecule has 0 aliphatic carbocycles. The molecule has 0 unspecified atom stereocenters. The summed E-state index contributed by atoms with van der Waals surface area (Å²) in [5.41, 5.74) is 1.26. The highest BCUT2D eigenvalue weighted by Crippen LogP contribution is 2.28. The van der Waals surface area contributed by atoms with Gasteiger partial charge in [-0.3, -0.25) is 14.4 Å². The summed E-state index contributed by atoms with van der Waals surface area (Å²) < 4.78 is 11.5. The molecule has 0 saturated carbocycles. The monoisotopic (exact) mass is 564 g/mol. The third-order valence-electron chi connectivity index (χ3n) is 7.15. The van der Waals surface area contributed by atoms with E-state index in [9.17, 15) is 19.2 Å². The summed E-state index contributed by atoms with van der Waals surface area (Å²) in [6.07, 6.45) is 5.07. The van der Waals surface area contributed by atoms with E-state index in [1.54, 1.807) is 26.8 Å². The number of fused-ring (bicyclic) bond motifs is 1. The summed E-state index contributed by atoms with van der Waals surface area (Å²) in [7, 11) is 0. The molecule has 0 bridgehead atoms. The minimum absolute atomic E-state index is 0.199. The van der Waals surface area contributed by atoms with Crippen LogP contribution in [0.2, 0.25) is 0 Å². The lowest BCUT2D eigenvalue weighted by Crippen LogP contribution is -2.56. The van der Waals surface area contributed by atoms with Gasteiger partial charge in [0, 0.05) is 31.4 Å². The molecule has 1 aliphatic rings. The van der Waals surface area contributed by atoms with Crippen LogP contribution < -0.4 is 10.9 Å². The van der Waals surface area contributed by atoms with Gasteiger partial charge in [0.05, 0.1) is 17.7 Å². The van der Waals surface area contributed by atoms with Gasteiger partial charge in [0.15, 0.2) is 5.76 Å². The van der Waals surface area contributed by atoms with Crippen molar-refractivity contribution in [3.05, 3.63) is 52.3 Å². The van der Waals surface area contributed by atoms with E-state index in [0.29, 0.717) is 36.5 Å². The summed E-state index contributed by atoms with van der Waals surface area (Å²) in [4.78, 5) is 58.7. The van der Waals surface area contributed by atoms with Crippen molar-refractivity contribution >= 4 is 28.7 Å². The van der Waals surface area contributed by atoms with Crippen molar-refractivity contribution in [3.63, 3.8) is 0 Å². The Kier molecular flexibility index (Phi) is 9.30. The number of H-pyrrole nitrogens is 1. The van der Waals surface area contributed by atoms with Crippen molar-refractivity contribution in [2.75, 3.05) is 13.1 Å². The Morgan fingerprint density at radius 3 is 2.63 bits per heavy atom. The largest absolute Gasteiger partial charge is 0.444 e. The Bertz CT molecular complexity index is 1460. The fourth-order valence-corrected chi connectivity index (χ4v) is 4.77. The number of benzene rings is 1. The molecule has 2 aromatic heterocycles. The minimum atomic E-state index is -0.606. The van der Waals surface area contributed by atoms with Crippen LogP contribution in [0.1, 0.15) is 83.7 Å². The maximum atomic E-state index is 13.1. The van der Waals surface area contributed by atoms with Gasteiger partial charge < -0.3 is 24.4 Å². The third-order valence-corrected chi connectivity index (χ3v) is 7.15. The van der Waals surface area contributed by atoms with Crippen LogP contribution in [0.4, 0.5) is 4.79 Å². The number of hydrogen-bond acceptors (Lipinski definition) is 7. The Hall–Kier alpha value is -3.95. The molecule has 1 fully saturated rings. The van der Waals surface area contributed by atoms with E-state index < -0.39 is 17.7 Å². The fourth-order valence-electron chi connectivity index (χ4n) is 4.77. The zero-order chi connectivity index (χ0) is 29.7. The van der Waals surface area contributed by atoms with Gasteiger partial charge in [-0.15, -0.1) is 0 Å². The molecule has 3 heterocycles. The molecule has 41 heavy (non-hydrogen) atoms. The van der Waals surface area contributed by atoms with E-state index in [1.165, 1.54) is 11.1 Å². The van der Waals surface area contributed by atoms with Crippen LogP contribution in [0.25, 0.3) is 22.2 Å². The molecule has 10 heteroatoms. The number of aromatic nitrogens is 2. The number of rotatable bonds is 11. The number of ether oxygens (including phenoxy) is 1. The van der Waals surface area contributed by atoms with Crippen molar-refractivity contribution in [2.24, 2.45) is 5.92 Å². The van der Waals surface area contributed by atoms with Gasteiger partial charge in [0.1, 0.15) is 17.4 Å². The molecular weight excluding hydrogens is 524 g/mol. The first kappa shape index (κ1) is 30.0. The summed E-state index contributed by atoms with van der Waals surface area (Å²) >= 11 is 0. The Labute approximate surface area is 239 Å². The molecule has 1 aliphatic heterocycles. The van der Waals surface area contributed by atoms with Gasteiger partial charge in [0.2, 0.25) is 11.8 Å². The van der Waals surface area contributed by atoms with Crippen LogP contribution in [0.15, 0.2) is 39.7 Å². The van der Waals surface area contributed by atoms with Gasteiger partial charge in [-0.1, -0.05) is 31.4 Å². The van der Waals surface area contributed by atoms with E-state index in [0.717, 1.165) is 35.7 Å². The first-order valence-corrected chi connectivity index (χ1v) is 14.3. The van der Waals surface area contributed by atoms with Crippen LogP contribution in [0, 0.1) is 12.8 Å².